The van der Waals surface area contributed by atoms with E-state index in [1.54, 1.807) is 11.4 Å². The molecule has 19 heavy (non-hydrogen) atoms. The summed E-state index contributed by atoms with van der Waals surface area (Å²) in [7, 11) is 0. The van der Waals surface area contributed by atoms with Crippen molar-refractivity contribution in [1.82, 2.24) is 14.6 Å². The molecule has 0 aliphatic heterocycles. The predicted molar refractivity (Wildman–Crippen MR) is 72.4 cm³/mol. The average molecular weight is 261 g/mol. The second-order valence-corrected chi connectivity index (χ2v) is 5.55. The third-order valence-electron chi connectivity index (χ3n) is 2.86. The summed E-state index contributed by atoms with van der Waals surface area (Å²) in [5.41, 5.74) is 2.78. The highest BCUT2D eigenvalue weighted by atomic mass is 16.5. The van der Waals surface area contributed by atoms with Gasteiger partial charge >= 0.3 is 5.97 Å². The van der Waals surface area contributed by atoms with Crippen LogP contribution in [-0.4, -0.2) is 27.2 Å². The molecule has 0 atom stereocenters. The number of hydrogen-bond donors (Lipinski definition) is 0. The Kier molecular flexibility index (Phi) is 3.30. The Balaban J connectivity index is 2.67. The van der Waals surface area contributed by atoms with Crippen LogP contribution in [0.4, 0.5) is 0 Å². The zero-order chi connectivity index (χ0) is 14.2. The molecular formula is C14H19N3O2. The van der Waals surface area contributed by atoms with Crippen molar-refractivity contribution in [2.24, 2.45) is 0 Å². The van der Waals surface area contributed by atoms with E-state index in [4.69, 9.17) is 4.74 Å². The smallest absolute Gasteiger partial charge is 0.343 e. The van der Waals surface area contributed by atoms with E-state index in [1.807, 2.05) is 13.0 Å². The number of ether oxygens (including phenoxy) is 1. The fourth-order valence-corrected chi connectivity index (χ4v) is 1.97. The average Bonchev–Trinajstić information content (AvgIpc) is 2.70. The van der Waals surface area contributed by atoms with Crippen LogP contribution in [0.3, 0.4) is 0 Å². The van der Waals surface area contributed by atoms with E-state index in [1.165, 1.54) is 6.20 Å². The number of carbonyl (C=O) groups is 1. The van der Waals surface area contributed by atoms with Crippen molar-refractivity contribution in [1.29, 1.82) is 0 Å². The molecule has 2 aromatic heterocycles. The van der Waals surface area contributed by atoms with E-state index in [9.17, 15) is 4.79 Å². The van der Waals surface area contributed by atoms with Gasteiger partial charge in [0.1, 0.15) is 5.56 Å². The molecule has 0 aliphatic rings. The largest absolute Gasteiger partial charge is 0.462 e. The molecule has 0 spiro atoms. The Morgan fingerprint density at radius 2 is 2.11 bits per heavy atom. The van der Waals surface area contributed by atoms with Crippen molar-refractivity contribution in [3.63, 3.8) is 0 Å². The van der Waals surface area contributed by atoms with Crippen LogP contribution in [0.25, 0.3) is 5.65 Å². The van der Waals surface area contributed by atoms with Gasteiger partial charge < -0.3 is 4.74 Å². The van der Waals surface area contributed by atoms with Crippen molar-refractivity contribution in [3.05, 3.63) is 29.2 Å². The molecule has 5 nitrogen and oxygen atoms in total. The lowest BCUT2D eigenvalue weighted by Gasteiger charge is -2.20. The van der Waals surface area contributed by atoms with Gasteiger partial charge in [-0.2, -0.15) is 5.10 Å². The fraction of sp³-hybridized carbons (Fsp3) is 0.500. The van der Waals surface area contributed by atoms with Gasteiger partial charge in [0.05, 0.1) is 18.5 Å². The molecule has 0 radical (unpaired) electrons. The normalized spacial score (nSPS) is 11.8. The van der Waals surface area contributed by atoms with Gasteiger partial charge in [-0.15, -0.1) is 0 Å². The first-order valence-electron chi connectivity index (χ1n) is 6.37. The van der Waals surface area contributed by atoms with Crippen LogP contribution in [-0.2, 0) is 10.2 Å². The maximum atomic E-state index is 11.9. The molecular weight excluding hydrogens is 242 g/mol. The van der Waals surface area contributed by atoms with Crippen LogP contribution in [0.15, 0.2) is 12.3 Å². The molecule has 0 saturated carbocycles. The highest BCUT2D eigenvalue weighted by molar-refractivity contribution is 5.95. The molecule has 0 saturated heterocycles. The van der Waals surface area contributed by atoms with Crippen LogP contribution < -0.4 is 0 Å². The van der Waals surface area contributed by atoms with Crippen molar-refractivity contribution in [2.75, 3.05) is 6.61 Å². The molecule has 2 rings (SSSR count). The van der Waals surface area contributed by atoms with Crippen molar-refractivity contribution in [3.8, 4) is 0 Å². The molecule has 0 unspecified atom stereocenters. The molecule has 102 valence electrons. The molecule has 2 aromatic rings. The van der Waals surface area contributed by atoms with Crippen LogP contribution in [0.2, 0.25) is 0 Å². The number of esters is 1. The zero-order valence-corrected chi connectivity index (χ0v) is 12.0. The lowest BCUT2D eigenvalue weighted by atomic mass is 9.91. The highest BCUT2D eigenvalue weighted by Gasteiger charge is 2.23. The summed E-state index contributed by atoms with van der Waals surface area (Å²) >= 11 is 0. The summed E-state index contributed by atoms with van der Waals surface area (Å²) in [5.74, 6) is -0.379. The number of carbonyl (C=O) groups excluding carboxylic acids is 1. The number of rotatable bonds is 2. The molecule has 0 fully saturated rings. The first kappa shape index (κ1) is 13.5. The summed E-state index contributed by atoms with van der Waals surface area (Å²) in [5, 5.41) is 4.28. The minimum Gasteiger partial charge on any atom is -0.462 e. The first-order valence-corrected chi connectivity index (χ1v) is 6.37. The molecule has 0 aliphatic carbocycles. The van der Waals surface area contributed by atoms with Gasteiger partial charge in [-0.25, -0.2) is 14.3 Å². The maximum Gasteiger partial charge on any atom is 0.343 e. The summed E-state index contributed by atoms with van der Waals surface area (Å²) in [6.07, 6.45) is 1.52. The second kappa shape index (κ2) is 4.64. The van der Waals surface area contributed by atoms with Gasteiger partial charge in [0.15, 0.2) is 5.65 Å². The standard InChI is InChI=1S/C14H19N3O2/c1-6-19-13(18)10-8-15-17-11(14(3,4)5)7-9(2)16-12(10)17/h7-8H,6H2,1-5H3. The highest BCUT2D eigenvalue weighted by Crippen LogP contribution is 2.24. The van der Waals surface area contributed by atoms with Gasteiger partial charge in [-0.3, -0.25) is 0 Å². The number of aryl methyl sites for hydroxylation is 1. The molecule has 2 heterocycles. The van der Waals surface area contributed by atoms with Crippen molar-refractivity contribution < 1.29 is 9.53 Å². The molecule has 5 heteroatoms. The summed E-state index contributed by atoms with van der Waals surface area (Å²) in [4.78, 5) is 16.3. The van der Waals surface area contributed by atoms with Crippen molar-refractivity contribution >= 4 is 11.6 Å². The maximum absolute atomic E-state index is 11.9. The summed E-state index contributed by atoms with van der Waals surface area (Å²) < 4.78 is 6.75. The van der Waals surface area contributed by atoms with E-state index in [2.05, 4.69) is 30.9 Å². The first-order chi connectivity index (χ1) is 8.84. The molecule has 0 aromatic carbocycles. The van der Waals surface area contributed by atoms with Crippen LogP contribution in [0, 0.1) is 6.92 Å². The number of nitrogens with zero attached hydrogens (tertiary/aromatic N) is 3. The summed E-state index contributed by atoms with van der Waals surface area (Å²) in [6.45, 7) is 10.3. The van der Waals surface area contributed by atoms with E-state index in [-0.39, 0.29) is 11.4 Å². The Morgan fingerprint density at radius 3 is 2.68 bits per heavy atom. The topological polar surface area (TPSA) is 56.5 Å². The van der Waals surface area contributed by atoms with Crippen LogP contribution in [0.1, 0.15) is 49.4 Å². The minimum absolute atomic E-state index is 0.0795. The predicted octanol–water partition coefficient (Wildman–Crippen LogP) is 2.51. The van der Waals surface area contributed by atoms with Gasteiger partial charge in [0.2, 0.25) is 0 Å². The molecule has 0 amide bonds. The van der Waals surface area contributed by atoms with E-state index in [0.717, 1.165) is 11.4 Å². The molecule has 0 bridgehead atoms. The van der Waals surface area contributed by atoms with E-state index < -0.39 is 0 Å². The quantitative estimate of drug-likeness (QED) is 0.779. The minimum atomic E-state index is -0.379. The second-order valence-electron chi connectivity index (χ2n) is 5.55. The lowest BCUT2D eigenvalue weighted by molar-refractivity contribution is 0.0528. The fourth-order valence-electron chi connectivity index (χ4n) is 1.97. The van der Waals surface area contributed by atoms with Crippen molar-refractivity contribution in [2.45, 2.75) is 40.0 Å². The Morgan fingerprint density at radius 1 is 1.42 bits per heavy atom. The number of aromatic nitrogens is 3. The third kappa shape index (κ3) is 2.45. The molecule has 0 N–H and O–H groups in total. The van der Waals surface area contributed by atoms with E-state index >= 15 is 0 Å². The van der Waals surface area contributed by atoms with Gasteiger partial charge in [-0.05, 0) is 19.9 Å². The lowest BCUT2D eigenvalue weighted by Crippen LogP contribution is -2.18. The summed E-state index contributed by atoms with van der Waals surface area (Å²) in [6, 6.07) is 1.99. The van der Waals surface area contributed by atoms with Gasteiger partial charge in [0.25, 0.3) is 0 Å². The Labute approximate surface area is 112 Å². The number of fused-ring (bicyclic) bond motifs is 1. The third-order valence-corrected chi connectivity index (χ3v) is 2.86. The van der Waals surface area contributed by atoms with E-state index in [0.29, 0.717) is 17.8 Å². The van der Waals surface area contributed by atoms with Crippen LogP contribution in [0.5, 0.6) is 0 Å². The Hall–Kier alpha value is -1.91. The monoisotopic (exact) mass is 261 g/mol. The van der Waals surface area contributed by atoms with Crippen LogP contribution >= 0.6 is 0 Å². The number of hydrogen-bond acceptors (Lipinski definition) is 4. The zero-order valence-electron chi connectivity index (χ0n) is 12.0. The van der Waals surface area contributed by atoms with Gasteiger partial charge in [-0.1, -0.05) is 20.8 Å². The SMILES string of the molecule is CCOC(=O)c1cnn2c(C(C)(C)C)cc(C)nc12. The van der Waals surface area contributed by atoms with Gasteiger partial charge in [0, 0.05) is 11.1 Å². The Bertz CT molecular complexity index is 623.